The molecule has 2 saturated heterocycles. The minimum Gasteiger partial charge on any atom is -0.394 e. The number of piperazine rings is 2. The highest BCUT2D eigenvalue weighted by Gasteiger charge is 2.43. The van der Waals surface area contributed by atoms with Gasteiger partial charge < -0.3 is 15.3 Å². The van der Waals surface area contributed by atoms with E-state index in [2.05, 4.69) is 15.3 Å². The summed E-state index contributed by atoms with van der Waals surface area (Å²) in [5, 5.41) is 16.8. The minimum absolute atomic E-state index is 0.215. The van der Waals surface area contributed by atoms with E-state index < -0.39 is 12.1 Å². The van der Waals surface area contributed by atoms with E-state index in [-0.39, 0.29) is 18.4 Å². The summed E-state index contributed by atoms with van der Waals surface area (Å²) < 4.78 is 1.73. The highest BCUT2D eigenvalue weighted by molar-refractivity contribution is 6.32. The van der Waals surface area contributed by atoms with Crippen molar-refractivity contribution in [2.24, 2.45) is 0 Å². The number of aliphatic hydroxyl groups excluding tert-OH is 1. The number of hydrogen-bond acceptors (Lipinski definition) is 5. The summed E-state index contributed by atoms with van der Waals surface area (Å²) in [6, 6.07) is 6.14. The monoisotopic (exact) mass is 389 g/mol. The van der Waals surface area contributed by atoms with Gasteiger partial charge in [-0.1, -0.05) is 23.7 Å². The van der Waals surface area contributed by atoms with Crippen molar-refractivity contribution in [2.45, 2.75) is 18.6 Å². The van der Waals surface area contributed by atoms with Gasteiger partial charge in [-0.25, -0.2) is 4.68 Å². The predicted molar refractivity (Wildman–Crippen MR) is 98.4 cm³/mol. The van der Waals surface area contributed by atoms with Gasteiger partial charge in [-0.3, -0.25) is 14.5 Å². The van der Waals surface area contributed by atoms with Gasteiger partial charge in [0.25, 0.3) is 0 Å². The van der Waals surface area contributed by atoms with Crippen molar-refractivity contribution in [2.75, 3.05) is 26.2 Å². The quantitative estimate of drug-likeness (QED) is 0.770. The number of aromatic nitrogens is 2. The van der Waals surface area contributed by atoms with Gasteiger partial charge in [-0.2, -0.15) is 5.10 Å². The van der Waals surface area contributed by atoms with Crippen molar-refractivity contribution in [3.8, 4) is 5.69 Å². The molecule has 0 aliphatic carbocycles. The first-order chi connectivity index (χ1) is 13.1. The fourth-order valence-electron chi connectivity index (χ4n) is 3.59. The zero-order valence-electron chi connectivity index (χ0n) is 14.6. The third-order valence-corrected chi connectivity index (χ3v) is 5.31. The molecular weight excluding hydrogens is 370 g/mol. The molecule has 2 N–H and O–H groups in total. The molecule has 0 radical (unpaired) electrons. The standard InChI is InChI=1S/C18H20ClN5O3/c19-13-3-1-2-4-15(13)24-9-12(7-20-24)8-22-5-6-23-16(10-22)17(26)21-14(11-25)18(23)27/h1-4,7,9,14,16,25H,5-6,8,10-11H2,(H,21,26)/t14-,16-/m1/s1. The lowest BCUT2D eigenvalue weighted by Gasteiger charge is -2.44. The van der Waals surface area contributed by atoms with Crippen LogP contribution in [-0.4, -0.2) is 74.8 Å². The van der Waals surface area contributed by atoms with E-state index in [4.69, 9.17) is 11.6 Å². The van der Waals surface area contributed by atoms with Crippen LogP contribution in [0.2, 0.25) is 5.02 Å². The van der Waals surface area contributed by atoms with Crippen LogP contribution in [0, 0.1) is 0 Å². The molecule has 0 bridgehead atoms. The second-order valence-corrected chi connectivity index (χ2v) is 7.18. The van der Waals surface area contributed by atoms with Crippen molar-refractivity contribution >= 4 is 23.4 Å². The number of nitrogens with zero attached hydrogens (tertiary/aromatic N) is 4. The molecule has 0 spiro atoms. The average Bonchev–Trinajstić information content (AvgIpc) is 3.13. The second-order valence-electron chi connectivity index (χ2n) is 6.77. The Hall–Kier alpha value is -2.42. The molecule has 142 valence electrons. The summed E-state index contributed by atoms with van der Waals surface area (Å²) >= 11 is 6.22. The topological polar surface area (TPSA) is 90.7 Å². The SMILES string of the molecule is O=C1N[C@H](CO)C(=O)N2CCN(Cc3cnn(-c4ccccc4Cl)c3)C[C@H]12. The first-order valence-electron chi connectivity index (χ1n) is 8.79. The van der Waals surface area contributed by atoms with Crippen molar-refractivity contribution in [3.63, 3.8) is 0 Å². The second kappa shape index (κ2) is 7.30. The van der Waals surface area contributed by atoms with E-state index in [1.54, 1.807) is 15.8 Å². The Morgan fingerprint density at radius 1 is 1.26 bits per heavy atom. The van der Waals surface area contributed by atoms with Crippen molar-refractivity contribution in [3.05, 3.63) is 47.2 Å². The molecule has 0 unspecified atom stereocenters. The van der Waals surface area contributed by atoms with Crippen LogP contribution in [0.4, 0.5) is 0 Å². The zero-order valence-corrected chi connectivity index (χ0v) is 15.3. The molecule has 3 heterocycles. The van der Waals surface area contributed by atoms with Gasteiger partial charge in [0.2, 0.25) is 11.8 Å². The summed E-state index contributed by atoms with van der Waals surface area (Å²) in [4.78, 5) is 28.3. The maximum atomic E-state index is 12.3. The lowest BCUT2D eigenvalue weighted by Crippen LogP contribution is -2.69. The van der Waals surface area contributed by atoms with Gasteiger partial charge in [0.05, 0.1) is 23.5 Å². The largest absolute Gasteiger partial charge is 0.394 e. The van der Waals surface area contributed by atoms with Crippen LogP contribution in [-0.2, 0) is 16.1 Å². The van der Waals surface area contributed by atoms with Crippen molar-refractivity contribution in [1.82, 2.24) is 24.9 Å². The maximum absolute atomic E-state index is 12.3. The molecule has 2 aliphatic heterocycles. The summed E-state index contributed by atoms with van der Waals surface area (Å²) in [5.41, 5.74) is 1.81. The molecule has 2 atom stereocenters. The number of para-hydroxylation sites is 1. The third kappa shape index (κ3) is 3.43. The Kier molecular flexibility index (Phi) is 4.86. The number of fused-ring (bicyclic) bond motifs is 1. The number of aliphatic hydroxyl groups is 1. The highest BCUT2D eigenvalue weighted by atomic mass is 35.5. The van der Waals surface area contributed by atoms with Crippen LogP contribution in [0.15, 0.2) is 36.7 Å². The predicted octanol–water partition coefficient (Wildman–Crippen LogP) is 0.0292. The van der Waals surface area contributed by atoms with Gasteiger partial charge in [0.15, 0.2) is 0 Å². The van der Waals surface area contributed by atoms with Gasteiger partial charge in [-0.15, -0.1) is 0 Å². The van der Waals surface area contributed by atoms with Crippen molar-refractivity contribution < 1.29 is 14.7 Å². The highest BCUT2D eigenvalue weighted by Crippen LogP contribution is 2.21. The molecule has 8 nitrogen and oxygen atoms in total. The van der Waals surface area contributed by atoms with Crippen molar-refractivity contribution in [1.29, 1.82) is 0 Å². The van der Waals surface area contributed by atoms with Crippen LogP contribution in [0.5, 0.6) is 0 Å². The van der Waals surface area contributed by atoms with Crippen LogP contribution in [0.25, 0.3) is 5.69 Å². The summed E-state index contributed by atoms with van der Waals surface area (Å²) in [7, 11) is 0. The molecule has 1 aromatic heterocycles. The molecule has 2 fully saturated rings. The summed E-state index contributed by atoms with van der Waals surface area (Å²) in [6.07, 6.45) is 3.70. The lowest BCUT2D eigenvalue weighted by molar-refractivity contribution is -0.154. The lowest BCUT2D eigenvalue weighted by atomic mass is 10.0. The van der Waals surface area contributed by atoms with E-state index in [0.29, 0.717) is 31.2 Å². The smallest absolute Gasteiger partial charge is 0.248 e. The fraction of sp³-hybridized carbons (Fsp3) is 0.389. The number of rotatable bonds is 4. The summed E-state index contributed by atoms with van der Waals surface area (Å²) in [5.74, 6) is -0.432. The number of carbonyl (C=O) groups is 2. The van der Waals surface area contributed by atoms with Crippen LogP contribution >= 0.6 is 11.6 Å². The van der Waals surface area contributed by atoms with E-state index >= 15 is 0 Å². The normalized spacial score (nSPS) is 23.3. The third-order valence-electron chi connectivity index (χ3n) is 4.99. The van der Waals surface area contributed by atoms with E-state index in [0.717, 1.165) is 11.3 Å². The molecule has 1 aromatic carbocycles. The number of benzene rings is 1. The molecule has 2 aromatic rings. The number of halogens is 1. The van der Waals surface area contributed by atoms with E-state index in [1.165, 1.54) is 0 Å². The fourth-order valence-corrected chi connectivity index (χ4v) is 3.82. The Labute approximate surface area is 161 Å². The first kappa shape index (κ1) is 18.0. The molecule has 27 heavy (non-hydrogen) atoms. The minimum atomic E-state index is -0.825. The van der Waals surface area contributed by atoms with Gasteiger partial charge in [0, 0.05) is 37.9 Å². The number of carbonyl (C=O) groups excluding carboxylic acids is 2. The van der Waals surface area contributed by atoms with Gasteiger partial charge >= 0.3 is 0 Å². The van der Waals surface area contributed by atoms with Gasteiger partial charge in [0.1, 0.15) is 12.1 Å². The Morgan fingerprint density at radius 2 is 2.07 bits per heavy atom. The van der Waals surface area contributed by atoms with Crippen LogP contribution in [0.3, 0.4) is 0 Å². The van der Waals surface area contributed by atoms with Crippen LogP contribution < -0.4 is 5.32 Å². The molecular formula is C18H20ClN5O3. The molecule has 0 saturated carbocycles. The Morgan fingerprint density at radius 3 is 2.85 bits per heavy atom. The number of amides is 2. The van der Waals surface area contributed by atoms with Crippen LogP contribution in [0.1, 0.15) is 5.56 Å². The average molecular weight is 390 g/mol. The molecule has 9 heteroatoms. The molecule has 2 amide bonds. The Bertz CT molecular complexity index is 870. The molecule has 4 rings (SSSR count). The maximum Gasteiger partial charge on any atom is 0.248 e. The summed E-state index contributed by atoms with van der Waals surface area (Å²) in [6.45, 7) is 1.82. The van der Waals surface area contributed by atoms with Gasteiger partial charge in [-0.05, 0) is 12.1 Å². The number of nitrogens with one attached hydrogen (secondary N) is 1. The van der Waals surface area contributed by atoms with E-state index in [9.17, 15) is 14.7 Å². The molecule has 2 aliphatic rings. The zero-order chi connectivity index (χ0) is 19.0. The number of hydrogen-bond donors (Lipinski definition) is 2. The first-order valence-corrected chi connectivity index (χ1v) is 9.17. The van der Waals surface area contributed by atoms with E-state index in [1.807, 2.05) is 30.5 Å². The Balaban J connectivity index is 1.44.